The summed E-state index contributed by atoms with van der Waals surface area (Å²) in [6, 6.07) is 0.658. The van der Waals surface area contributed by atoms with Crippen LogP contribution in [0.25, 0.3) is 0 Å². The molecule has 1 aliphatic heterocycles. The molecule has 2 fully saturated rings. The normalized spacial score (nSPS) is 31.2. The van der Waals surface area contributed by atoms with Gasteiger partial charge < -0.3 is 4.74 Å². The smallest absolute Gasteiger partial charge is 0.0725 e. The van der Waals surface area contributed by atoms with E-state index in [1.165, 1.54) is 19.4 Å². The van der Waals surface area contributed by atoms with Gasteiger partial charge in [-0.25, -0.2) is 0 Å². The first kappa shape index (κ1) is 11.4. The lowest BCUT2D eigenvalue weighted by Gasteiger charge is -2.29. The third-order valence-electron chi connectivity index (χ3n) is 3.99. The molecule has 1 saturated carbocycles. The Kier molecular flexibility index (Phi) is 3.09. The van der Waals surface area contributed by atoms with Gasteiger partial charge in [0, 0.05) is 24.5 Å². The molecular weight excluding hydrogens is 186 g/mol. The Bertz CT molecular complexity index is 221. The van der Waals surface area contributed by atoms with Crippen LogP contribution in [0.2, 0.25) is 0 Å². The highest BCUT2D eigenvalue weighted by atomic mass is 16.5. The van der Waals surface area contributed by atoms with E-state index in [0.717, 1.165) is 13.2 Å². The Labute approximate surface area is 94.0 Å². The molecule has 0 aromatic rings. The van der Waals surface area contributed by atoms with E-state index >= 15 is 0 Å². The van der Waals surface area contributed by atoms with E-state index in [4.69, 9.17) is 4.74 Å². The topological polar surface area (TPSA) is 12.5 Å². The molecule has 1 heterocycles. The molecule has 1 aliphatic carbocycles. The molecule has 2 aliphatic rings. The summed E-state index contributed by atoms with van der Waals surface area (Å²) in [6.45, 7) is 12.5. The largest absolute Gasteiger partial charge is 0.376 e. The predicted octanol–water partition coefficient (Wildman–Crippen LogP) is 2.53. The van der Waals surface area contributed by atoms with Crippen LogP contribution in [-0.2, 0) is 4.74 Å². The van der Waals surface area contributed by atoms with E-state index in [1.807, 2.05) is 0 Å². The third kappa shape index (κ3) is 2.54. The van der Waals surface area contributed by atoms with Crippen molar-refractivity contribution in [3.05, 3.63) is 0 Å². The number of hydrogen-bond donors (Lipinski definition) is 0. The second kappa shape index (κ2) is 4.06. The van der Waals surface area contributed by atoms with Crippen molar-refractivity contribution in [1.29, 1.82) is 0 Å². The fraction of sp³-hybridized carbons (Fsp3) is 1.00. The minimum atomic E-state index is 0.437. The van der Waals surface area contributed by atoms with Crippen LogP contribution in [0.5, 0.6) is 0 Å². The van der Waals surface area contributed by atoms with Gasteiger partial charge in [-0.05, 0) is 32.6 Å². The van der Waals surface area contributed by atoms with Gasteiger partial charge in [0.15, 0.2) is 0 Å². The Morgan fingerprint density at radius 3 is 2.33 bits per heavy atom. The van der Waals surface area contributed by atoms with Crippen LogP contribution in [0.1, 0.15) is 40.5 Å². The highest BCUT2D eigenvalue weighted by Crippen LogP contribution is 2.48. The first-order chi connectivity index (χ1) is 7.02. The third-order valence-corrected chi connectivity index (χ3v) is 3.99. The first-order valence-corrected chi connectivity index (χ1v) is 6.38. The monoisotopic (exact) mass is 211 g/mol. The van der Waals surface area contributed by atoms with E-state index in [2.05, 4.69) is 32.6 Å². The summed E-state index contributed by atoms with van der Waals surface area (Å²) in [5.74, 6) is 0.639. The number of rotatable bonds is 2. The van der Waals surface area contributed by atoms with Crippen molar-refractivity contribution in [2.75, 3.05) is 19.7 Å². The number of hydrogen-bond acceptors (Lipinski definition) is 2. The summed E-state index contributed by atoms with van der Waals surface area (Å²) in [5.41, 5.74) is 0.536. The first-order valence-electron chi connectivity index (χ1n) is 6.38. The zero-order valence-corrected chi connectivity index (χ0v) is 10.6. The average molecular weight is 211 g/mol. The number of ether oxygens (including phenoxy) is 1. The molecule has 88 valence electrons. The second-order valence-electron chi connectivity index (χ2n) is 6.12. The maximum Gasteiger partial charge on any atom is 0.0725 e. The minimum absolute atomic E-state index is 0.437. The molecule has 1 saturated heterocycles. The average Bonchev–Trinajstić information content (AvgIpc) is 2.93. The summed E-state index contributed by atoms with van der Waals surface area (Å²) >= 11 is 0. The number of nitrogens with zero attached hydrogens (tertiary/aromatic N) is 1. The molecule has 15 heavy (non-hydrogen) atoms. The molecule has 0 amide bonds. The maximum atomic E-state index is 6.08. The van der Waals surface area contributed by atoms with Crippen molar-refractivity contribution in [1.82, 2.24) is 4.90 Å². The summed E-state index contributed by atoms with van der Waals surface area (Å²) in [4.78, 5) is 2.62. The SMILES string of the molecule is CC(C)[C@@H]1CN(C(C)C)CC2(CC2)CO1. The summed E-state index contributed by atoms with van der Waals surface area (Å²) in [7, 11) is 0. The summed E-state index contributed by atoms with van der Waals surface area (Å²) in [5, 5.41) is 0. The van der Waals surface area contributed by atoms with Crippen LogP contribution < -0.4 is 0 Å². The van der Waals surface area contributed by atoms with Gasteiger partial charge in [-0.15, -0.1) is 0 Å². The van der Waals surface area contributed by atoms with Gasteiger partial charge >= 0.3 is 0 Å². The van der Waals surface area contributed by atoms with Crippen LogP contribution in [0.3, 0.4) is 0 Å². The molecular formula is C13H25NO. The molecule has 0 aromatic heterocycles. The van der Waals surface area contributed by atoms with Crippen LogP contribution in [-0.4, -0.2) is 36.7 Å². The molecule has 2 heteroatoms. The Morgan fingerprint density at radius 1 is 1.20 bits per heavy atom. The van der Waals surface area contributed by atoms with Crippen molar-refractivity contribution in [2.24, 2.45) is 11.3 Å². The van der Waals surface area contributed by atoms with Crippen molar-refractivity contribution in [3.8, 4) is 0 Å². The fourth-order valence-electron chi connectivity index (χ4n) is 2.38. The lowest BCUT2D eigenvalue weighted by molar-refractivity contribution is 0.00862. The van der Waals surface area contributed by atoms with Crippen molar-refractivity contribution in [3.63, 3.8) is 0 Å². The van der Waals surface area contributed by atoms with Crippen LogP contribution in [0.15, 0.2) is 0 Å². The molecule has 0 radical (unpaired) electrons. The maximum absolute atomic E-state index is 6.08. The van der Waals surface area contributed by atoms with Crippen molar-refractivity contribution < 1.29 is 4.74 Å². The lowest BCUT2D eigenvalue weighted by atomic mass is 10.1. The predicted molar refractivity (Wildman–Crippen MR) is 63.0 cm³/mol. The van der Waals surface area contributed by atoms with E-state index < -0.39 is 0 Å². The van der Waals surface area contributed by atoms with Crippen molar-refractivity contribution in [2.45, 2.75) is 52.7 Å². The zero-order valence-electron chi connectivity index (χ0n) is 10.6. The van der Waals surface area contributed by atoms with Crippen molar-refractivity contribution >= 4 is 0 Å². The van der Waals surface area contributed by atoms with Gasteiger partial charge in [0.05, 0.1) is 12.7 Å². The van der Waals surface area contributed by atoms with Crippen LogP contribution in [0, 0.1) is 11.3 Å². The van der Waals surface area contributed by atoms with Gasteiger partial charge in [0.2, 0.25) is 0 Å². The Hall–Kier alpha value is -0.0800. The zero-order chi connectivity index (χ0) is 11.1. The van der Waals surface area contributed by atoms with E-state index in [-0.39, 0.29) is 0 Å². The molecule has 1 spiro atoms. The molecule has 0 bridgehead atoms. The highest BCUT2D eigenvalue weighted by molar-refractivity contribution is 4.98. The summed E-state index contributed by atoms with van der Waals surface area (Å²) in [6.07, 6.45) is 3.19. The highest BCUT2D eigenvalue weighted by Gasteiger charge is 2.47. The van der Waals surface area contributed by atoms with Crippen LogP contribution >= 0.6 is 0 Å². The van der Waals surface area contributed by atoms with Gasteiger partial charge in [-0.3, -0.25) is 4.90 Å². The van der Waals surface area contributed by atoms with E-state index in [1.54, 1.807) is 0 Å². The molecule has 0 unspecified atom stereocenters. The van der Waals surface area contributed by atoms with E-state index in [0.29, 0.717) is 23.5 Å². The second-order valence-corrected chi connectivity index (χ2v) is 6.12. The lowest BCUT2D eigenvalue weighted by Crippen LogP contribution is -2.40. The van der Waals surface area contributed by atoms with Gasteiger partial charge in [0.1, 0.15) is 0 Å². The van der Waals surface area contributed by atoms with Gasteiger partial charge in [-0.1, -0.05) is 13.8 Å². The molecule has 2 rings (SSSR count). The Balaban J connectivity index is 2.04. The standard InChI is InChI=1S/C13H25NO/c1-10(2)12-7-14(11(3)4)8-13(5-6-13)9-15-12/h10-12H,5-9H2,1-4H3/t12-/m0/s1. The quantitative estimate of drug-likeness (QED) is 0.696. The van der Waals surface area contributed by atoms with Gasteiger partial charge in [0.25, 0.3) is 0 Å². The van der Waals surface area contributed by atoms with Gasteiger partial charge in [-0.2, -0.15) is 0 Å². The Morgan fingerprint density at radius 2 is 1.87 bits per heavy atom. The molecule has 0 N–H and O–H groups in total. The molecule has 2 nitrogen and oxygen atoms in total. The summed E-state index contributed by atoms with van der Waals surface area (Å²) < 4.78 is 6.08. The van der Waals surface area contributed by atoms with E-state index in [9.17, 15) is 0 Å². The van der Waals surface area contributed by atoms with Crippen LogP contribution in [0.4, 0.5) is 0 Å². The minimum Gasteiger partial charge on any atom is -0.376 e. The molecule has 0 aromatic carbocycles. The fourth-order valence-corrected chi connectivity index (χ4v) is 2.38. The molecule has 1 atom stereocenters.